The predicted molar refractivity (Wildman–Crippen MR) is 102 cm³/mol. The van der Waals surface area contributed by atoms with Crippen molar-refractivity contribution in [2.45, 2.75) is 34.1 Å². The van der Waals surface area contributed by atoms with Gasteiger partial charge in [0, 0.05) is 27.8 Å². The molecule has 1 atom stereocenters. The third-order valence-corrected chi connectivity index (χ3v) is 3.67. The Hall–Kier alpha value is -1.51. The molecular weight excluding hydrogens is 340 g/mol. The first kappa shape index (κ1) is 24.5. The van der Waals surface area contributed by atoms with Gasteiger partial charge < -0.3 is 24.8 Å². The van der Waals surface area contributed by atoms with Gasteiger partial charge in [-0.15, -0.1) is 0 Å². The Bertz CT molecular complexity index is 425. The minimum absolute atomic E-state index is 0. The molecule has 0 aliphatic carbocycles. The minimum Gasteiger partial charge on any atom is -0.377 e. The van der Waals surface area contributed by atoms with Crippen molar-refractivity contribution in [3.63, 3.8) is 0 Å². The van der Waals surface area contributed by atoms with E-state index in [1.54, 1.807) is 0 Å². The standard InChI is InChI=1S/C18H34N2O6.2H2/c1-5-15(4)18(23)20-7-9-25-13-17(22)19-6-8-24-10-11-26-12-16(21)14(2)3;;/h14-15H,5-13H2,1-4H3,(H,19,22)(H,20,23);2*1H. The van der Waals surface area contributed by atoms with Crippen LogP contribution in [0.3, 0.4) is 0 Å². The molecule has 0 spiro atoms. The summed E-state index contributed by atoms with van der Waals surface area (Å²) in [5.74, 6) is -0.212. The molecule has 2 N–H and O–H groups in total. The summed E-state index contributed by atoms with van der Waals surface area (Å²) < 4.78 is 15.7. The number of amides is 2. The van der Waals surface area contributed by atoms with Gasteiger partial charge in [-0.05, 0) is 6.42 Å². The summed E-state index contributed by atoms with van der Waals surface area (Å²) in [6.45, 7) is 9.65. The number of Topliss-reactive ketones (excluding diaryl/α,β-unsaturated/α-hetero) is 1. The molecule has 0 aromatic carbocycles. The maximum atomic E-state index is 11.5. The van der Waals surface area contributed by atoms with Gasteiger partial charge in [0.05, 0.1) is 26.4 Å². The van der Waals surface area contributed by atoms with Gasteiger partial charge in [-0.1, -0.05) is 27.7 Å². The quantitative estimate of drug-likeness (QED) is 0.389. The van der Waals surface area contributed by atoms with Crippen LogP contribution < -0.4 is 10.6 Å². The number of hydrogen-bond donors (Lipinski definition) is 2. The molecule has 0 saturated heterocycles. The van der Waals surface area contributed by atoms with E-state index in [9.17, 15) is 14.4 Å². The molecule has 0 aromatic rings. The van der Waals surface area contributed by atoms with Crippen molar-refractivity contribution in [1.29, 1.82) is 0 Å². The summed E-state index contributed by atoms with van der Waals surface area (Å²) in [5, 5.41) is 5.41. The van der Waals surface area contributed by atoms with Gasteiger partial charge >= 0.3 is 0 Å². The second-order valence-electron chi connectivity index (χ2n) is 6.29. The zero-order chi connectivity index (χ0) is 19.8. The predicted octanol–water partition coefficient (Wildman–Crippen LogP) is 1.03. The largest absolute Gasteiger partial charge is 0.377 e. The van der Waals surface area contributed by atoms with E-state index in [1.165, 1.54) is 0 Å². The van der Waals surface area contributed by atoms with Gasteiger partial charge in [0.25, 0.3) is 0 Å². The van der Waals surface area contributed by atoms with Crippen LogP contribution in [-0.2, 0) is 28.6 Å². The van der Waals surface area contributed by atoms with Crippen LogP contribution >= 0.6 is 0 Å². The Balaban J connectivity index is -0.00000312. The molecule has 1 unspecified atom stereocenters. The molecule has 0 aliphatic heterocycles. The molecule has 8 nitrogen and oxygen atoms in total. The molecule has 0 rings (SSSR count). The van der Waals surface area contributed by atoms with Crippen LogP contribution in [0.4, 0.5) is 0 Å². The third kappa shape index (κ3) is 13.7. The van der Waals surface area contributed by atoms with Crippen LogP contribution in [0.5, 0.6) is 0 Å². The second kappa shape index (κ2) is 15.7. The van der Waals surface area contributed by atoms with E-state index < -0.39 is 0 Å². The highest BCUT2D eigenvalue weighted by Gasteiger charge is 2.09. The molecule has 0 radical (unpaired) electrons. The summed E-state index contributed by atoms with van der Waals surface area (Å²) in [5.41, 5.74) is 0. The summed E-state index contributed by atoms with van der Waals surface area (Å²) in [6.07, 6.45) is 0.791. The van der Waals surface area contributed by atoms with Gasteiger partial charge in [-0.25, -0.2) is 0 Å². The van der Waals surface area contributed by atoms with Crippen LogP contribution in [-0.4, -0.2) is 70.3 Å². The van der Waals surface area contributed by atoms with Crippen molar-refractivity contribution in [2.24, 2.45) is 11.8 Å². The van der Waals surface area contributed by atoms with E-state index in [0.29, 0.717) is 39.5 Å². The summed E-state index contributed by atoms with van der Waals surface area (Å²) in [6, 6.07) is 0. The first-order valence-corrected chi connectivity index (χ1v) is 9.18. The van der Waals surface area contributed by atoms with Gasteiger partial charge in [-0.3, -0.25) is 14.4 Å². The number of carbonyl (C=O) groups excluding carboxylic acids is 3. The smallest absolute Gasteiger partial charge is 0.246 e. The third-order valence-electron chi connectivity index (χ3n) is 3.67. The molecule has 0 aromatic heterocycles. The highest BCUT2D eigenvalue weighted by molar-refractivity contribution is 5.81. The number of nitrogens with one attached hydrogen (secondary N) is 2. The highest BCUT2D eigenvalue weighted by atomic mass is 16.5. The molecule has 26 heavy (non-hydrogen) atoms. The Morgan fingerprint density at radius 2 is 1.42 bits per heavy atom. The second-order valence-corrected chi connectivity index (χ2v) is 6.29. The molecule has 0 saturated carbocycles. The van der Waals surface area contributed by atoms with E-state index in [0.717, 1.165) is 6.42 Å². The number of carbonyl (C=O) groups is 3. The number of ether oxygens (including phenoxy) is 3. The van der Waals surface area contributed by atoms with Gasteiger partial charge in [0.15, 0.2) is 5.78 Å². The van der Waals surface area contributed by atoms with Crippen molar-refractivity contribution in [3.05, 3.63) is 0 Å². The van der Waals surface area contributed by atoms with Gasteiger partial charge in [-0.2, -0.15) is 0 Å². The maximum Gasteiger partial charge on any atom is 0.246 e. The monoisotopic (exact) mass is 378 g/mol. The Kier molecular flexibility index (Phi) is 14.8. The van der Waals surface area contributed by atoms with E-state index in [-0.39, 0.29) is 45.5 Å². The van der Waals surface area contributed by atoms with Gasteiger partial charge in [0.1, 0.15) is 13.2 Å². The molecule has 156 valence electrons. The molecule has 0 aliphatic rings. The molecule has 2 amide bonds. The number of hydrogen-bond acceptors (Lipinski definition) is 6. The van der Waals surface area contributed by atoms with Crippen molar-refractivity contribution >= 4 is 17.6 Å². The Labute approximate surface area is 159 Å². The van der Waals surface area contributed by atoms with E-state index in [4.69, 9.17) is 14.2 Å². The van der Waals surface area contributed by atoms with Crippen molar-refractivity contribution < 1.29 is 31.4 Å². The zero-order valence-electron chi connectivity index (χ0n) is 16.5. The molecule has 0 heterocycles. The summed E-state index contributed by atoms with van der Waals surface area (Å²) in [7, 11) is 0. The summed E-state index contributed by atoms with van der Waals surface area (Å²) in [4.78, 5) is 34.4. The first-order chi connectivity index (χ1) is 12.4. The van der Waals surface area contributed by atoms with Crippen LogP contribution in [0.1, 0.15) is 37.0 Å². The minimum atomic E-state index is -0.236. The molecule has 0 fully saturated rings. The van der Waals surface area contributed by atoms with E-state index in [1.807, 2.05) is 27.7 Å². The van der Waals surface area contributed by atoms with Crippen LogP contribution in [0.25, 0.3) is 0 Å². The van der Waals surface area contributed by atoms with E-state index >= 15 is 0 Å². The topological polar surface area (TPSA) is 103 Å². The lowest BCUT2D eigenvalue weighted by Crippen LogP contribution is -2.34. The fraction of sp³-hybridized carbons (Fsp3) is 0.833. The summed E-state index contributed by atoms with van der Waals surface area (Å²) >= 11 is 0. The average Bonchev–Trinajstić information content (AvgIpc) is 2.62. The lowest BCUT2D eigenvalue weighted by Gasteiger charge is -2.10. The van der Waals surface area contributed by atoms with E-state index in [2.05, 4.69) is 10.6 Å². The van der Waals surface area contributed by atoms with Crippen LogP contribution in [0.15, 0.2) is 0 Å². The lowest BCUT2D eigenvalue weighted by atomic mass is 10.1. The molecule has 8 heteroatoms. The average molecular weight is 379 g/mol. The van der Waals surface area contributed by atoms with Crippen molar-refractivity contribution in [1.82, 2.24) is 10.6 Å². The number of rotatable bonds is 16. The molecule has 0 bridgehead atoms. The maximum absolute atomic E-state index is 11.5. The lowest BCUT2D eigenvalue weighted by molar-refractivity contribution is -0.128. The Morgan fingerprint density at radius 3 is 2.08 bits per heavy atom. The van der Waals surface area contributed by atoms with Crippen LogP contribution in [0.2, 0.25) is 0 Å². The highest BCUT2D eigenvalue weighted by Crippen LogP contribution is 1.98. The SMILES string of the molecule is CCC(C)C(=O)NCCOCC(=O)NCCOCCOCC(=O)C(C)C.[HH].[HH]. The fourth-order valence-corrected chi connectivity index (χ4v) is 1.64. The van der Waals surface area contributed by atoms with Gasteiger partial charge in [0.2, 0.25) is 11.8 Å². The van der Waals surface area contributed by atoms with Crippen LogP contribution in [0, 0.1) is 11.8 Å². The zero-order valence-corrected chi connectivity index (χ0v) is 16.5. The fourth-order valence-electron chi connectivity index (χ4n) is 1.64. The van der Waals surface area contributed by atoms with Crippen molar-refractivity contribution in [2.75, 3.05) is 52.7 Å². The molecular formula is C18H38N2O6. The Morgan fingerprint density at radius 1 is 0.846 bits per heavy atom. The normalized spacial score (nSPS) is 12.0. The number of ketones is 1. The first-order valence-electron chi connectivity index (χ1n) is 9.18. The van der Waals surface area contributed by atoms with Crippen molar-refractivity contribution in [3.8, 4) is 0 Å².